The maximum absolute atomic E-state index is 10.5. The summed E-state index contributed by atoms with van der Waals surface area (Å²) in [4.78, 5) is 11.9. The van der Waals surface area contributed by atoms with Crippen molar-refractivity contribution >= 4 is 6.09 Å². The lowest BCUT2D eigenvalue weighted by molar-refractivity contribution is 0.132. The van der Waals surface area contributed by atoms with Crippen LogP contribution in [0.3, 0.4) is 0 Å². The van der Waals surface area contributed by atoms with Gasteiger partial charge in [-0.3, -0.25) is 0 Å². The molecule has 0 saturated heterocycles. The summed E-state index contributed by atoms with van der Waals surface area (Å²) in [6.07, 6.45) is 3.92. The number of carbonyl (C=O) groups is 1. The van der Waals surface area contributed by atoms with Gasteiger partial charge in [-0.1, -0.05) is 12.2 Å². The van der Waals surface area contributed by atoms with Gasteiger partial charge in [0, 0.05) is 12.6 Å². The second-order valence-electron chi connectivity index (χ2n) is 2.49. The Hall–Kier alpha value is -0.990. The van der Waals surface area contributed by atoms with E-state index in [2.05, 4.69) is 0 Å². The Balaban J connectivity index is 2.59. The summed E-state index contributed by atoms with van der Waals surface area (Å²) >= 11 is 0. The molecule has 0 fully saturated rings. The molecule has 56 valence electrons. The van der Waals surface area contributed by atoms with Crippen molar-refractivity contribution in [2.75, 3.05) is 6.54 Å². The first-order valence-corrected chi connectivity index (χ1v) is 3.36. The number of nitrogens with zero attached hydrogens (tertiary/aromatic N) is 1. The maximum Gasteiger partial charge on any atom is 0.407 e. The monoisotopic (exact) mass is 141 g/mol. The molecule has 0 unspecified atom stereocenters. The molecule has 3 heteroatoms. The van der Waals surface area contributed by atoms with Gasteiger partial charge in [0.1, 0.15) is 0 Å². The van der Waals surface area contributed by atoms with Crippen LogP contribution in [0.4, 0.5) is 4.79 Å². The van der Waals surface area contributed by atoms with Crippen LogP contribution >= 0.6 is 0 Å². The topological polar surface area (TPSA) is 40.5 Å². The van der Waals surface area contributed by atoms with E-state index in [1.165, 1.54) is 4.90 Å². The molecule has 0 aromatic rings. The van der Waals surface area contributed by atoms with E-state index in [4.69, 9.17) is 5.11 Å². The van der Waals surface area contributed by atoms with Gasteiger partial charge in [-0.05, 0) is 13.3 Å². The summed E-state index contributed by atoms with van der Waals surface area (Å²) in [5.41, 5.74) is 0. The molecule has 1 N–H and O–H groups in total. The van der Waals surface area contributed by atoms with Crippen LogP contribution < -0.4 is 0 Å². The first-order valence-electron chi connectivity index (χ1n) is 3.36. The SMILES string of the molecule is C[C@H]1CC=CCN1C(=O)O. The van der Waals surface area contributed by atoms with Gasteiger partial charge in [0.05, 0.1) is 0 Å². The normalized spacial score (nSPS) is 24.9. The minimum absolute atomic E-state index is 0.141. The molecule has 3 nitrogen and oxygen atoms in total. The van der Waals surface area contributed by atoms with Gasteiger partial charge >= 0.3 is 6.09 Å². The van der Waals surface area contributed by atoms with E-state index in [0.717, 1.165) is 6.42 Å². The summed E-state index contributed by atoms with van der Waals surface area (Å²) in [5, 5.41) is 8.60. The zero-order valence-corrected chi connectivity index (χ0v) is 5.95. The Labute approximate surface area is 59.9 Å². The molecule has 0 aliphatic carbocycles. The highest BCUT2D eigenvalue weighted by Crippen LogP contribution is 2.09. The van der Waals surface area contributed by atoms with E-state index < -0.39 is 6.09 Å². The quantitative estimate of drug-likeness (QED) is 0.517. The summed E-state index contributed by atoms with van der Waals surface area (Å²) in [5.74, 6) is 0. The van der Waals surface area contributed by atoms with Gasteiger partial charge < -0.3 is 10.0 Å². The average Bonchev–Trinajstić information content (AvgIpc) is 1.88. The summed E-state index contributed by atoms with van der Waals surface area (Å²) in [6.45, 7) is 2.45. The second-order valence-corrected chi connectivity index (χ2v) is 2.49. The zero-order chi connectivity index (χ0) is 7.56. The Kier molecular flexibility index (Phi) is 1.94. The minimum atomic E-state index is -0.822. The van der Waals surface area contributed by atoms with Crippen LogP contribution in [-0.4, -0.2) is 28.7 Å². The molecule has 0 aromatic carbocycles. The Bertz CT molecular complexity index is 165. The molecule has 1 amide bonds. The van der Waals surface area contributed by atoms with E-state index in [1.807, 2.05) is 19.1 Å². The molecule has 0 radical (unpaired) electrons. The minimum Gasteiger partial charge on any atom is -0.465 e. The molecule has 0 bridgehead atoms. The smallest absolute Gasteiger partial charge is 0.407 e. The first kappa shape index (κ1) is 7.12. The van der Waals surface area contributed by atoms with Gasteiger partial charge in [0.2, 0.25) is 0 Å². The van der Waals surface area contributed by atoms with Crippen molar-refractivity contribution in [3.05, 3.63) is 12.2 Å². The predicted octanol–water partition coefficient (Wildman–Crippen LogP) is 1.31. The van der Waals surface area contributed by atoms with Crippen LogP contribution in [0.1, 0.15) is 13.3 Å². The van der Waals surface area contributed by atoms with Crippen molar-refractivity contribution in [3.63, 3.8) is 0 Å². The van der Waals surface area contributed by atoms with Crippen LogP contribution in [0.15, 0.2) is 12.2 Å². The number of carboxylic acid groups (broad SMARTS) is 1. The molecule has 1 rings (SSSR count). The Morgan fingerprint density at radius 1 is 1.70 bits per heavy atom. The van der Waals surface area contributed by atoms with Crippen LogP contribution in [0.2, 0.25) is 0 Å². The number of amides is 1. The molecule has 1 atom stereocenters. The highest BCUT2D eigenvalue weighted by molar-refractivity contribution is 5.65. The standard InChI is InChI=1S/C7H11NO2/c1-6-4-2-3-5-8(6)7(9)10/h2-3,6H,4-5H2,1H3,(H,9,10)/t6-/m0/s1. The Morgan fingerprint density at radius 2 is 2.40 bits per heavy atom. The van der Waals surface area contributed by atoms with Crippen molar-refractivity contribution in [1.29, 1.82) is 0 Å². The van der Waals surface area contributed by atoms with Gasteiger partial charge in [-0.15, -0.1) is 0 Å². The van der Waals surface area contributed by atoms with E-state index in [0.29, 0.717) is 6.54 Å². The third kappa shape index (κ3) is 1.29. The molecular formula is C7H11NO2. The molecule has 0 spiro atoms. The lowest BCUT2D eigenvalue weighted by Gasteiger charge is -2.27. The van der Waals surface area contributed by atoms with Gasteiger partial charge in [-0.2, -0.15) is 0 Å². The van der Waals surface area contributed by atoms with Crippen molar-refractivity contribution < 1.29 is 9.90 Å². The largest absolute Gasteiger partial charge is 0.465 e. The van der Waals surface area contributed by atoms with E-state index in [1.54, 1.807) is 0 Å². The van der Waals surface area contributed by atoms with Crippen LogP contribution in [-0.2, 0) is 0 Å². The van der Waals surface area contributed by atoms with Gasteiger partial charge in [-0.25, -0.2) is 4.79 Å². The van der Waals surface area contributed by atoms with Crippen molar-refractivity contribution in [1.82, 2.24) is 4.90 Å². The molecule has 0 saturated carbocycles. The molecule has 1 heterocycles. The lowest BCUT2D eigenvalue weighted by Crippen LogP contribution is -2.39. The van der Waals surface area contributed by atoms with Crippen LogP contribution in [0, 0.1) is 0 Å². The van der Waals surface area contributed by atoms with E-state index in [9.17, 15) is 4.79 Å². The highest BCUT2D eigenvalue weighted by atomic mass is 16.4. The Morgan fingerprint density at radius 3 is 2.80 bits per heavy atom. The lowest BCUT2D eigenvalue weighted by atomic mass is 10.1. The second kappa shape index (κ2) is 2.73. The number of hydrogen-bond acceptors (Lipinski definition) is 1. The molecule has 1 aliphatic rings. The number of rotatable bonds is 0. The zero-order valence-electron chi connectivity index (χ0n) is 5.95. The third-order valence-corrected chi connectivity index (χ3v) is 1.72. The molecule has 10 heavy (non-hydrogen) atoms. The maximum atomic E-state index is 10.5. The highest BCUT2D eigenvalue weighted by Gasteiger charge is 2.18. The fourth-order valence-corrected chi connectivity index (χ4v) is 1.06. The van der Waals surface area contributed by atoms with E-state index >= 15 is 0 Å². The van der Waals surface area contributed by atoms with Crippen molar-refractivity contribution in [2.24, 2.45) is 0 Å². The fourth-order valence-electron chi connectivity index (χ4n) is 1.06. The molecule has 1 aliphatic heterocycles. The average molecular weight is 141 g/mol. The summed E-state index contributed by atoms with van der Waals surface area (Å²) in [6, 6.07) is 0.141. The van der Waals surface area contributed by atoms with E-state index in [-0.39, 0.29) is 6.04 Å². The molecule has 0 aromatic heterocycles. The van der Waals surface area contributed by atoms with Crippen LogP contribution in [0.25, 0.3) is 0 Å². The van der Waals surface area contributed by atoms with Gasteiger partial charge in [0.15, 0.2) is 0 Å². The van der Waals surface area contributed by atoms with Crippen molar-refractivity contribution in [3.8, 4) is 0 Å². The predicted molar refractivity (Wildman–Crippen MR) is 37.9 cm³/mol. The van der Waals surface area contributed by atoms with Gasteiger partial charge in [0.25, 0.3) is 0 Å². The van der Waals surface area contributed by atoms with Crippen molar-refractivity contribution in [2.45, 2.75) is 19.4 Å². The molecular weight excluding hydrogens is 130 g/mol. The summed E-state index contributed by atoms with van der Waals surface area (Å²) in [7, 11) is 0. The fraction of sp³-hybridized carbons (Fsp3) is 0.571. The first-order chi connectivity index (χ1) is 4.72. The van der Waals surface area contributed by atoms with Crippen LogP contribution in [0.5, 0.6) is 0 Å². The number of hydrogen-bond donors (Lipinski definition) is 1. The summed E-state index contributed by atoms with van der Waals surface area (Å²) < 4.78 is 0. The third-order valence-electron chi connectivity index (χ3n) is 1.72.